The quantitative estimate of drug-likeness (QED) is 0.526. The number of anilines is 1. The molecule has 0 aliphatic heterocycles. The summed E-state index contributed by atoms with van der Waals surface area (Å²) in [7, 11) is 0. The van der Waals surface area contributed by atoms with Crippen LogP contribution in [-0.4, -0.2) is 17.0 Å². The molecule has 0 aromatic heterocycles. The van der Waals surface area contributed by atoms with E-state index in [1.165, 1.54) is 11.4 Å². The lowest BCUT2D eigenvalue weighted by Crippen LogP contribution is -2.30. The van der Waals surface area contributed by atoms with Crippen molar-refractivity contribution < 1.29 is 22.9 Å². The maximum atomic E-state index is 12.0. The lowest BCUT2D eigenvalue weighted by Gasteiger charge is -2.09. The van der Waals surface area contributed by atoms with Crippen LogP contribution in [0.1, 0.15) is 5.56 Å². The lowest BCUT2D eigenvalue weighted by atomic mass is 10.2. The van der Waals surface area contributed by atoms with Crippen molar-refractivity contribution in [2.45, 2.75) is 12.1 Å². The van der Waals surface area contributed by atoms with Crippen molar-refractivity contribution in [2.24, 2.45) is 0 Å². The van der Waals surface area contributed by atoms with E-state index in [0.717, 1.165) is 12.1 Å². The molecule has 0 saturated heterocycles. The summed E-state index contributed by atoms with van der Waals surface area (Å²) in [5.74, 6) is -2.33. The summed E-state index contributed by atoms with van der Waals surface area (Å²) in [5.41, 5.74) is -0.832. The Morgan fingerprint density at radius 3 is 2.50 bits per heavy atom. The van der Waals surface area contributed by atoms with E-state index in [9.17, 15) is 28.1 Å². The fraction of sp³-hybridized carbons (Fsp3) is 0.222. The van der Waals surface area contributed by atoms with Crippen LogP contribution in [0, 0.1) is 10.1 Å². The van der Waals surface area contributed by atoms with Gasteiger partial charge in [0, 0.05) is 11.9 Å². The van der Waals surface area contributed by atoms with Crippen LogP contribution in [0.5, 0.6) is 0 Å². The predicted octanol–water partition coefficient (Wildman–Crippen LogP) is 2.83. The first-order chi connectivity index (χ1) is 8.25. The van der Waals surface area contributed by atoms with Crippen molar-refractivity contribution in [3.63, 3.8) is 0 Å². The summed E-state index contributed by atoms with van der Waals surface area (Å²) in [5, 5.41) is 12.0. The molecule has 0 bridgehead atoms. The van der Waals surface area contributed by atoms with Crippen LogP contribution < -0.4 is 5.32 Å². The second-order valence-corrected chi connectivity index (χ2v) is 3.46. The van der Waals surface area contributed by atoms with Gasteiger partial charge in [0.1, 0.15) is 5.69 Å². The predicted molar refractivity (Wildman–Crippen MR) is 57.3 cm³/mol. The van der Waals surface area contributed by atoms with Crippen molar-refractivity contribution >= 4 is 28.9 Å². The van der Waals surface area contributed by atoms with Crippen LogP contribution >= 0.6 is 11.6 Å². The van der Waals surface area contributed by atoms with Gasteiger partial charge in [-0.2, -0.15) is 13.2 Å². The Balaban J connectivity index is 3.12. The Bertz CT molecular complexity index is 490. The van der Waals surface area contributed by atoms with Crippen LogP contribution in [0.25, 0.3) is 0 Å². The van der Waals surface area contributed by atoms with Gasteiger partial charge in [0.25, 0.3) is 5.69 Å². The number of hydrogen-bond acceptors (Lipinski definition) is 3. The first kappa shape index (κ1) is 14.2. The smallest absolute Gasteiger partial charge is 0.312 e. The Morgan fingerprint density at radius 1 is 1.44 bits per heavy atom. The number of hydrogen-bond donors (Lipinski definition) is 1. The molecular weight excluding hydrogens is 277 g/mol. The van der Waals surface area contributed by atoms with Crippen molar-refractivity contribution in [1.29, 1.82) is 0 Å². The Labute approximate surface area is 104 Å². The average molecular weight is 283 g/mol. The molecule has 0 spiro atoms. The van der Waals surface area contributed by atoms with E-state index in [2.05, 4.69) is 0 Å². The highest BCUT2D eigenvalue weighted by Gasteiger charge is 2.39. The molecular formula is C9H6ClF3N2O3. The molecule has 0 atom stereocenters. The number of nitro benzene ring substituents is 1. The molecule has 98 valence electrons. The van der Waals surface area contributed by atoms with Gasteiger partial charge >= 0.3 is 12.1 Å². The van der Waals surface area contributed by atoms with Gasteiger partial charge in [0.15, 0.2) is 0 Å². The van der Waals surface area contributed by atoms with Gasteiger partial charge in [0.2, 0.25) is 0 Å². The normalized spacial score (nSPS) is 11.1. The van der Waals surface area contributed by atoms with Crippen molar-refractivity contribution in [3.8, 4) is 0 Å². The van der Waals surface area contributed by atoms with Crippen molar-refractivity contribution in [3.05, 3.63) is 33.9 Å². The summed E-state index contributed by atoms with van der Waals surface area (Å²) in [6.07, 6.45) is -5.12. The van der Waals surface area contributed by atoms with E-state index in [1.807, 2.05) is 0 Å². The largest absolute Gasteiger partial charge is 0.471 e. The zero-order valence-electron chi connectivity index (χ0n) is 8.62. The van der Waals surface area contributed by atoms with Crippen LogP contribution in [0.2, 0.25) is 0 Å². The number of carbonyl (C=O) groups is 1. The molecule has 1 amide bonds. The molecule has 0 heterocycles. The topological polar surface area (TPSA) is 72.2 Å². The number of nitrogens with zero attached hydrogens (tertiary/aromatic N) is 1. The molecule has 1 aromatic carbocycles. The minimum Gasteiger partial charge on any atom is -0.312 e. The third kappa shape index (κ3) is 3.33. The molecule has 18 heavy (non-hydrogen) atoms. The summed E-state index contributed by atoms with van der Waals surface area (Å²) in [4.78, 5) is 20.4. The zero-order valence-corrected chi connectivity index (χ0v) is 9.38. The third-order valence-electron chi connectivity index (χ3n) is 1.92. The summed E-state index contributed by atoms with van der Waals surface area (Å²) < 4.78 is 36.1. The van der Waals surface area contributed by atoms with E-state index in [4.69, 9.17) is 11.6 Å². The van der Waals surface area contributed by atoms with Gasteiger partial charge in [-0.05, 0) is 11.6 Å². The Hall–Kier alpha value is -1.83. The molecule has 1 rings (SSSR count). The minimum absolute atomic E-state index is 0.0487. The third-order valence-corrected chi connectivity index (χ3v) is 2.23. The molecule has 5 nitrogen and oxygen atoms in total. The number of benzene rings is 1. The Kier molecular flexibility index (Phi) is 4.12. The maximum Gasteiger partial charge on any atom is 0.471 e. The van der Waals surface area contributed by atoms with Crippen LogP contribution in [0.4, 0.5) is 24.5 Å². The summed E-state index contributed by atoms with van der Waals surface area (Å²) in [6, 6.07) is 3.28. The lowest BCUT2D eigenvalue weighted by molar-refractivity contribution is -0.384. The van der Waals surface area contributed by atoms with Gasteiger partial charge in [-0.3, -0.25) is 14.9 Å². The molecule has 0 saturated carbocycles. The number of carbonyl (C=O) groups excluding carboxylic acids is 1. The van der Waals surface area contributed by atoms with E-state index >= 15 is 0 Å². The van der Waals surface area contributed by atoms with E-state index in [1.54, 1.807) is 0 Å². The molecule has 1 aromatic rings. The fourth-order valence-electron chi connectivity index (χ4n) is 1.12. The van der Waals surface area contributed by atoms with Crippen LogP contribution in [-0.2, 0) is 10.7 Å². The number of nitro groups is 1. The summed E-state index contributed by atoms with van der Waals surface area (Å²) in [6.45, 7) is 0. The van der Waals surface area contributed by atoms with E-state index in [0.29, 0.717) is 5.56 Å². The standard InChI is InChI=1S/C9H6ClF3N2O3/c10-4-5-1-2-7(15(17)18)6(3-5)14-8(16)9(11,12)13/h1-3H,4H2,(H,14,16). The first-order valence-electron chi connectivity index (χ1n) is 4.47. The van der Waals surface area contributed by atoms with Crippen LogP contribution in [0.3, 0.4) is 0 Å². The average Bonchev–Trinajstić information content (AvgIpc) is 2.27. The molecule has 0 fully saturated rings. The first-order valence-corrected chi connectivity index (χ1v) is 5.00. The highest BCUT2D eigenvalue weighted by atomic mass is 35.5. The number of halogens is 4. The zero-order chi connectivity index (χ0) is 13.9. The molecule has 0 aliphatic rings. The molecule has 1 N–H and O–H groups in total. The second kappa shape index (κ2) is 5.21. The number of rotatable bonds is 3. The van der Waals surface area contributed by atoms with Gasteiger partial charge < -0.3 is 5.32 Å². The molecule has 0 unspecified atom stereocenters. The Morgan fingerprint density at radius 2 is 2.06 bits per heavy atom. The number of nitrogens with one attached hydrogen (secondary N) is 1. The molecule has 0 aliphatic carbocycles. The summed E-state index contributed by atoms with van der Waals surface area (Å²) >= 11 is 5.45. The number of amides is 1. The van der Waals surface area contributed by atoms with Gasteiger partial charge in [-0.15, -0.1) is 11.6 Å². The minimum atomic E-state index is -5.12. The SMILES string of the molecule is O=C(Nc1cc(CCl)ccc1[N+](=O)[O-])C(F)(F)F. The van der Waals surface area contributed by atoms with E-state index in [-0.39, 0.29) is 5.88 Å². The van der Waals surface area contributed by atoms with Crippen molar-refractivity contribution in [2.75, 3.05) is 5.32 Å². The highest BCUT2D eigenvalue weighted by Crippen LogP contribution is 2.28. The fourth-order valence-corrected chi connectivity index (χ4v) is 1.29. The van der Waals surface area contributed by atoms with Gasteiger partial charge in [-0.25, -0.2) is 0 Å². The number of alkyl halides is 4. The second-order valence-electron chi connectivity index (χ2n) is 3.19. The maximum absolute atomic E-state index is 12.0. The molecule has 9 heteroatoms. The molecule has 0 radical (unpaired) electrons. The monoisotopic (exact) mass is 282 g/mol. The van der Waals surface area contributed by atoms with E-state index < -0.39 is 28.4 Å². The van der Waals surface area contributed by atoms with Gasteiger partial charge in [-0.1, -0.05) is 6.07 Å². The van der Waals surface area contributed by atoms with Gasteiger partial charge in [0.05, 0.1) is 4.92 Å². The van der Waals surface area contributed by atoms with Crippen molar-refractivity contribution in [1.82, 2.24) is 0 Å². The highest BCUT2D eigenvalue weighted by molar-refractivity contribution is 6.17. The van der Waals surface area contributed by atoms with Crippen LogP contribution in [0.15, 0.2) is 18.2 Å².